The molecular formula is C26H25NO6. The van der Waals surface area contributed by atoms with Crippen molar-refractivity contribution in [2.24, 2.45) is 0 Å². The molecule has 170 valence electrons. The Morgan fingerprint density at radius 2 is 1.88 bits per heavy atom. The van der Waals surface area contributed by atoms with E-state index in [9.17, 15) is 14.7 Å². The van der Waals surface area contributed by atoms with Crippen LogP contribution in [0, 0.1) is 0 Å². The van der Waals surface area contributed by atoms with Crippen LogP contribution in [0.15, 0.2) is 82.7 Å². The van der Waals surface area contributed by atoms with Gasteiger partial charge < -0.3 is 23.9 Å². The van der Waals surface area contributed by atoms with E-state index in [4.69, 9.17) is 13.9 Å². The topological polar surface area (TPSA) is 89.2 Å². The van der Waals surface area contributed by atoms with Gasteiger partial charge in [0.2, 0.25) is 5.78 Å². The lowest BCUT2D eigenvalue weighted by molar-refractivity contribution is -0.129. The first kappa shape index (κ1) is 22.2. The molecule has 0 saturated carbocycles. The number of hydrogen-bond acceptors (Lipinski definition) is 6. The second kappa shape index (κ2) is 9.65. The van der Waals surface area contributed by atoms with Crippen LogP contribution in [0.5, 0.6) is 11.5 Å². The van der Waals surface area contributed by atoms with Crippen molar-refractivity contribution in [3.63, 3.8) is 0 Å². The summed E-state index contributed by atoms with van der Waals surface area (Å²) >= 11 is 0. The summed E-state index contributed by atoms with van der Waals surface area (Å²) in [5.74, 6) is -0.624. The Kier molecular flexibility index (Phi) is 6.49. The standard InChI is InChI=1S/C26H25NO6/c1-3-32-19-12-11-18(16-21(19)31-2)23-22(24(28)20-10-7-15-33-20)25(29)26(30)27(23)14-13-17-8-5-4-6-9-17/h4-12,15-16,23,29H,3,13-14H2,1-2H3/t23-/m1/s1. The van der Waals surface area contributed by atoms with Crippen LogP contribution in [-0.4, -0.2) is 42.0 Å². The number of aliphatic hydroxyl groups is 1. The predicted molar refractivity (Wildman–Crippen MR) is 121 cm³/mol. The third-order valence-electron chi connectivity index (χ3n) is 5.58. The van der Waals surface area contributed by atoms with E-state index in [1.54, 1.807) is 24.3 Å². The van der Waals surface area contributed by atoms with Gasteiger partial charge in [0.05, 0.1) is 31.6 Å². The van der Waals surface area contributed by atoms with Crippen LogP contribution in [0.4, 0.5) is 0 Å². The number of ketones is 1. The Bertz CT molecular complexity index is 1170. The summed E-state index contributed by atoms with van der Waals surface area (Å²) in [4.78, 5) is 27.9. The van der Waals surface area contributed by atoms with Gasteiger partial charge in [-0.3, -0.25) is 9.59 Å². The van der Waals surface area contributed by atoms with Gasteiger partial charge in [-0.05, 0) is 48.7 Å². The molecule has 1 aliphatic rings. The van der Waals surface area contributed by atoms with E-state index in [-0.39, 0.29) is 11.3 Å². The first-order chi connectivity index (χ1) is 16.0. The van der Waals surface area contributed by atoms with Crippen molar-refractivity contribution in [3.05, 3.63) is 95.1 Å². The van der Waals surface area contributed by atoms with Gasteiger partial charge in [-0.1, -0.05) is 36.4 Å². The van der Waals surface area contributed by atoms with Gasteiger partial charge in [0.1, 0.15) is 0 Å². The average molecular weight is 447 g/mol. The van der Waals surface area contributed by atoms with Crippen molar-refractivity contribution >= 4 is 11.7 Å². The number of ether oxygens (including phenoxy) is 2. The van der Waals surface area contributed by atoms with E-state index in [0.29, 0.717) is 36.6 Å². The lowest BCUT2D eigenvalue weighted by Crippen LogP contribution is -2.33. The molecule has 0 bridgehead atoms. The summed E-state index contributed by atoms with van der Waals surface area (Å²) in [5.41, 5.74) is 1.64. The van der Waals surface area contributed by atoms with Gasteiger partial charge in [0, 0.05) is 6.54 Å². The molecule has 1 aliphatic heterocycles. The molecule has 2 heterocycles. The molecule has 0 radical (unpaired) electrons. The third-order valence-corrected chi connectivity index (χ3v) is 5.58. The van der Waals surface area contributed by atoms with Crippen LogP contribution in [0.25, 0.3) is 0 Å². The number of rotatable bonds is 9. The average Bonchev–Trinajstić information content (AvgIpc) is 3.46. The number of amides is 1. The molecule has 0 aliphatic carbocycles. The van der Waals surface area contributed by atoms with Crippen LogP contribution in [0.3, 0.4) is 0 Å². The minimum atomic E-state index is -0.802. The van der Waals surface area contributed by atoms with Crippen molar-refractivity contribution < 1.29 is 28.6 Å². The normalized spacial score (nSPS) is 15.8. The Hall–Kier alpha value is -4.00. The molecule has 2 aromatic carbocycles. The van der Waals surface area contributed by atoms with E-state index in [2.05, 4.69) is 0 Å². The fourth-order valence-electron chi connectivity index (χ4n) is 4.03. The Morgan fingerprint density at radius 1 is 1.09 bits per heavy atom. The van der Waals surface area contributed by atoms with Gasteiger partial charge in [-0.2, -0.15) is 0 Å². The zero-order valence-electron chi connectivity index (χ0n) is 18.5. The molecule has 0 spiro atoms. The minimum absolute atomic E-state index is 0.0192. The highest BCUT2D eigenvalue weighted by Gasteiger charge is 2.44. The quantitative estimate of drug-likeness (QED) is 0.486. The highest BCUT2D eigenvalue weighted by atomic mass is 16.5. The second-order valence-corrected chi connectivity index (χ2v) is 7.55. The van der Waals surface area contributed by atoms with Gasteiger partial charge in [-0.25, -0.2) is 0 Å². The fourth-order valence-corrected chi connectivity index (χ4v) is 4.03. The van der Waals surface area contributed by atoms with Crippen molar-refractivity contribution in [1.29, 1.82) is 0 Å². The molecule has 0 fully saturated rings. The van der Waals surface area contributed by atoms with Gasteiger partial charge >= 0.3 is 0 Å². The van der Waals surface area contributed by atoms with E-state index < -0.39 is 23.5 Å². The summed E-state index contributed by atoms with van der Waals surface area (Å²) in [5, 5.41) is 10.8. The van der Waals surface area contributed by atoms with Gasteiger partial charge in [-0.15, -0.1) is 0 Å². The van der Waals surface area contributed by atoms with Gasteiger partial charge in [0.25, 0.3) is 5.91 Å². The summed E-state index contributed by atoms with van der Waals surface area (Å²) in [6, 6.07) is 17.3. The van der Waals surface area contributed by atoms with Crippen LogP contribution in [0.2, 0.25) is 0 Å². The van der Waals surface area contributed by atoms with Crippen molar-refractivity contribution in [3.8, 4) is 11.5 Å². The predicted octanol–water partition coefficient (Wildman–Crippen LogP) is 4.51. The first-order valence-corrected chi connectivity index (χ1v) is 10.7. The molecule has 7 heteroatoms. The van der Waals surface area contributed by atoms with Crippen molar-refractivity contribution in [2.75, 3.05) is 20.3 Å². The summed E-state index contributed by atoms with van der Waals surface area (Å²) in [7, 11) is 1.52. The number of hydrogen-bond donors (Lipinski definition) is 1. The fraction of sp³-hybridized carbons (Fsp3) is 0.231. The number of carbonyl (C=O) groups is 2. The summed E-state index contributed by atoms with van der Waals surface area (Å²) in [6.45, 7) is 2.64. The molecule has 1 atom stereocenters. The van der Waals surface area contributed by atoms with Crippen LogP contribution < -0.4 is 9.47 Å². The Balaban J connectivity index is 1.75. The second-order valence-electron chi connectivity index (χ2n) is 7.55. The molecular weight excluding hydrogens is 422 g/mol. The molecule has 4 rings (SSSR count). The molecule has 0 unspecified atom stereocenters. The van der Waals surface area contributed by atoms with E-state index in [1.807, 2.05) is 37.3 Å². The van der Waals surface area contributed by atoms with E-state index >= 15 is 0 Å². The highest BCUT2D eigenvalue weighted by molar-refractivity contribution is 6.15. The maximum atomic E-state index is 13.2. The molecule has 1 aromatic heterocycles. The van der Waals surface area contributed by atoms with Crippen LogP contribution >= 0.6 is 0 Å². The van der Waals surface area contributed by atoms with Crippen LogP contribution in [0.1, 0.15) is 34.6 Å². The number of benzene rings is 2. The van der Waals surface area contributed by atoms with Crippen molar-refractivity contribution in [1.82, 2.24) is 4.90 Å². The monoisotopic (exact) mass is 447 g/mol. The zero-order chi connectivity index (χ0) is 23.4. The molecule has 3 aromatic rings. The van der Waals surface area contributed by atoms with Crippen molar-refractivity contribution in [2.45, 2.75) is 19.4 Å². The SMILES string of the molecule is CCOc1ccc([C@@H]2C(C(=O)c3ccco3)=C(O)C(=O)N2CCc2ccccc2)cc1OC. The Morgan fingerprint density at radius 3 is 2.55 bits per heavy atom. The lowest BCUT2D eigenvalue weighted by atomic mass is 9.94. The molecule has 1 amide bonds. The number of furan rings is 1. The van der Waals surface area contributed by atoms with Crippen LogP contribution in [-0.2, 0) is 11.2 Å². The highest BCUT2D eigenvalue weighted by Crippen LogP contribution is 2.41. The smallest absolute Gasteiger partial charge is 0.290 e. The molecule has 1 N–H and O–H groups in total. The number of aliphatic hydroxyl groups excluding tert-OH is 1. The summed E-state index contributed by atoms with van der Waals surface area (Å²) in [6.07, 6.45) is 1.94. The molecule has 33 heavy (non-hydrogen) atoms. The first-order valence-electron chi connectivity index (χ1n) is 10.7. The molecule has 0 saturated heterocycles. The van der Waals surface area contributed by atoms with E-state index in [1.165, 1.54) is 24.3 Å². The Labute approximate surface area is 191 Å². The van der Waals surface area contributed by atoms with E-state index in [0.717, 1.165) is 5.56 Å². The number of Topliss-reactive ketones (excluding diaryl/α,β-unsaturated/α-hetero) is 1. The number of nitrogens with zero attached hydrogens (tertiary/aromatic N) is 1. The van der Waals surface area contributed by atoms with Gasteiger partial charge in [0.15, 0.2) is 23.0 Å². The third kappa shape index (κ3) is 4.35. The minimum Gasteiger partial charge on any atom is -0.503 e. The number of methoxy groups -OCH3 is 1. The maximum Gasteiger partial charge on any atom is 0.290 e. The lowest BCUT2D eigenvalue weighted by Gasteiger charge is -2.27. The number of carbonyl (C=O) groups excluding carboxylic acids is 2. The zero-order valence-corrected chi connectivity index (χ0v) is 18.5. The largest absolute Gasteiger partial charge is 0.503 e. The maximum absolute atomic E-state index is 13.2. The summed E-state index contributed by atoms with van der Waals surface area (Å²) < 4.78 is 16.3. The molecule has 7 nitrogen and oxygen atoms in total.